The molecule has 1 rings (SSSR count). The summed E-state index contributed by atoms with van der Waals surface area (Å²) < 4.78 is 17.3. The Morgan fingerprint density at radius 3 is 2.74 bits per heavy atom. The zero-order chi connectivity index (χ0) is 14.5. The van der Waals surface area contributed by atoms with Gasteiger partial charge in [-0.05, 0) is 44.9 Å². The lowest BCUT2D eigenvalue weighted by Gasteiger charge is -2.14. The largest absolute Gasteiger partial charge is 0.497 e. The van der Waals surface area contributed by atoms with Gasteiger partial charge in [-0.25, -0.2) is 0 Å². The van der Waals surface area contributed by atoms with E-state index in [4.69, 9.17) is 15.7 Å². The molecule has 0 spiro atoms. The molecule has 0 aromatic heterocycles. The standard InChI is InChI=1S/C14H20N2O2S/c1-14(2,10-15)7-4-8-19(17)13-9-11(18-3)5-6-12(13)16/h5-6,9H,4,7-8,16H2,1-3H3. The van der Waals surface area contributed by atoms with Crippen LogP contribution in [-0.4, -0.2) is 17.1 Å². The molecule has 0 fully saturated rings. The number of nitrogen functional groups attached to an aromatic ring is 1. The van der Waals surface area contributed by atoms with Gasteiger partial charge in [0.25, 0.3) is 0 Å². The molecule has 0 saturated carbocycles. The Morgan fingerprint density at radius 1 is 1.47 bits per heavy atom. The van der Waals surface area contributed by atoms with Gasteiger partial charge in [-0.1, -0.05) is 0 Å². The molecule has 1 aromatic rings. The van der Waals surface area contributed by atoms with E-state index in [9.17, 15) is 4.21 Å². The predicted molar refractivity (Wildman–Crippen MR) is 77.3 cm³/mol. The van der Waals surface area contributed by atoms with Gasteiger partial charge in [0.2, 0.25) is 0 Å². The molecule has 1 aromatic carbocycles. The topological polar surface area (TPSA) is 76.1 Å². The first-order chi connectivity index (χ1) is 8.89. The number of nitrogens with two attached hydrogens (primary N) is 1. The van der Waals surface area contributed by atoms with Crippen molar-refractivity contribution in [1.82, 2.24) is 0 Å². The molecule has 1 atom stereocenters. The van der Waals surface area contributed by atoms with Crippen molar-refractivity contribution in [3.05, 3.63) is 18.2 Å². The van der Waals surface area contributed by atoms with E-state index in [0.29, 0.717) is 22.1 Å². The average molecular weight is 280 g/mol. The van der Waals surface area contributed by atoms with Gasteiger partial charge in [0, 0.05) is 11.4 Å². The van der Waals surface area contributed by atoms with Crippen LogP contribution in [0.1, 0.15) is 26.7 Å². The lowest BCUT2D eigenvalue weighted by Crippen LogP contribution is -2.10. The summed E-state index contributed by atoms with van der Waals surface area (Å²) in [6.45, 7) is 3.77. The van der Waals surface area contributed by atoms with Gasteiger partial charge >= 0.3 is 0 Å². The third-order valence-corrected chi connectivity index (χ3v) is 4.40. The molecular formula is C14H20N2O2S. The summed E-state index contributed by atoms with van der Waals surface area (Å²) in [6, 6.07) is 7.39. The lowest BCUT2D eigenvalue weighted by atomic mass is 9.90. The van der Waals surface area contributed by atoms with E-state index in [0.717, 1.165) is 12.8 Å². The van der Waals surface area contributed by atoms with Gasteiger partial charge < -0.3 is 10.5 Å². The minimum atomic E-state index is -1.16. The van der Waals surface area contributed by atoms with Crippen LogP contribution in [0.2, 0.25) is 0 Å². The second-order valence-electron chi connectivity index (χ2n) is 5.05. The maximum atomic E-state index is 12.2. The summed E-state index contributed by atoms with van der Waals surface area (Å²) in [5.41, 5.74) is 5.97. The minimum absolute atomic E-state index is 0.371. The number of hydrogen-bond acceptors (Lipinski definition) is 4. The van der Waals surface area contributed by atoms with Gasteiger partial charge in [-0.3, -0.25) is 4.21 Å². The first-order valence-corrected chi connectivity index (χ1v) is 7.44. The fourth-order valence-corrected chi connectivity index (χ4v) is 2.85. The van der Waals surface area contributed by atoms with E-state index in [1.54, 1.807) is 25.3 Å². The second-order valence-corrected chi connectivity index (χ2v) is 6.59. The summed E-state index contributed by atoms with van der Waals surface area (Å²) in [7, 11) is 0.405. The van der Waals surface area contributed by atoms with Crippen LogP contribution >= 0.6 is 0 Å². The summed E-state index contributed by atoms with van der Waals surface area (Å²) in [6.07, 6.45) is 1.45. The maximum absolute atomic E-state index is 12.2. The van der Waals surface area contributed by atoms with Gasteiger partial charge in [-0.2, -0.15) is 5.26 Å². The van der Waals surface area contributed by atoms with Crippen LogP contribution in [0.3, 0.4) is 0 Å². The molecule has 0 radical (unpaired) electrons. The van der Waals surface area contributed by atoms with Crippen LogP contribution in [0, 0.1) is 16.7 Å². The van der Waals surface area contributed by atoms with Crippen LogP contribution in [0.25, 0.3) is 0 Å². The molecule has 0 aliphatic rings. The Labute approximate surface area is 117 Å². The number of hydrogen-bond donors (Lipinski definition) is 1. The summed E-state index contributed by atoms with van der Waals surface area (Å²) in [4.78, 5) is 0.606. The molecule has 0 aliphatic heterocycles. The monoisotopic (exact) mass is 280 g/mol. The van der Waals surface area contributed by atoms with Gasteiger partial charge in [0.1, 0.15) is 5.75 Å². The normalized spacial score (nSPS) is 12.7. The molecule has 4 nitrogen and oxygen atoms in total. The van der Waals surface area contributed by atoms with Crippen molar-refractivity contribution >= 4 is 16.5 Å². The minimum Gasteiger partial charge on any atom is -0.497 e. The fraction of sp³-hybridized carbons (Fsp3) is 0.500. The number of methoxy groups -OCH3 is 1. The number of benzene rings is 1. The highest BCUT2D eigenvalue weighted by Crippen LogP contribution is 2.25. The highest BCUT2D eigenvalue weighted by Gasteiger charge is 2.17. The van der Waals surface area contributed by atoms with Crippen LogP contribution in [0.4, 0.5) is 5.69 Å². The SMILES string of the molecule is COc1ccc(N)c(S(=O)CCCC(C)(C)C#N)c1. The zero-order valence-corrected chi connectivity index (χ0v) is 12.4. The average Bonchev–Trinajstić information content (AvgIpc) is 2.39. The van der Waals surface area contributed by atoms with E-state index in [1.165, 1.54) is 0 Å². The van der Waals surface area contributed by atoms with Crippen molar-refractivity contribution < 1.29 is 8.95 Å². The van der Waals surface area contributed by atoms with E-state index >= 15 is 0 Å². The van der Waals surface area contributed by atoms with Crippen LogP contribution in [-0.2, 0) is 10.8 Å². The molecule has 104 valence electrons. The molecule has 0 saturated heterocycles. The van der Waals surface area contributed by atoms with Crippen molar-refractivity contribution in [1.29, 1.82) is 5.26 Å². The first kappa shape index (κ1) is 15.5. The van der Waals surface area contributed by atoms with Crippen molar-refractivity contribution in [2.24, 2.45) is 5.41 Å². The van der Waals surface area contributed by atoms with E-state index in [2.05, 4.69) is 6.07 Å². The summed E-state index contributed by atoms with van der Waals surface area (Å²) in [5.74, 6) is 1.15. The number of nitriles is 1. The van der Waals surface area contributed by atoms with Gasteiger partial charge in [0.05, 0.1) is 34.3 Å². The second kappa shape index (κ2) is 6.58. The molecule has 19 heavy (non-hydrogen) atoms. The molecule has 1 unspecified atom stereocenters. The molecule has 0 bridgehead atoms. The third-order valence-electron chi connectivity index (χ3n) is 2.90. The van der Waals surface area contributed by atoms with Gasteiger partial charge in [0.15, 0.2) is 0 Å². The van der Waals surface area contributed by atoms with Crippen molar-refractivity contribution in [2.45, 2.75) is 31.6 Å². The Morgan fingerprint density at radius 2 is 2.16 bits per heavy atom. The summed E-state index contributed by atoms with van der Waals surface area (Å²) >= 11 is 0. The highest BCUT2D eigenvalue weighted by atomic mass is 32.2. The van der Waals surface area contributed by atoms with Crippen LogP contribution in [0.15, 0.2) is 23.1 Å². The Balaban J connectivity index is 2.67. The van der Waals surface area contributed by atoms with E-state index < -0.39 is 10.8 Å². The number of anilines is 1. The fourth-order valence-electron chi connectivity index (χ4n) is 1.65. The molecule has 0 aliphatic carbocycles. The van der Waals surface area contributed by atoms with Gasteiger partial charge in [-0.15, -0.1) is 0 Å². The quantitative estimate of drug-likeness (QED) is 0.813. The first-order valence-electron chi connectivity index (χ1n) is 6.13. The molecule has 2 N–H and O–H groups in total. The number of ether oxygens (including phenoxy) is 1. The molecule has 0 heterocycles. The lowest BCUT2D eigenvalue weighted by molar-refractivity contribution is 0.413. The summed E-state index contributed by atoms with van der Waals surface area (Å²) in [5, 5.41) is 8.93. The van der Waals surface area contributed by atoms with Crippen molar-refractivity contribution in [3.8, 4) is 11.8 Å². The Hall–Kier alpha value is -1.54. The molecular weight excluding hydrogens is 260 g/mol. The number of nitrogens with zero attached hydrogens (tertiary/aromatic N) is 1. The maximum Gasteiger partial charge on any atom is 0.120 e. The van der Waals surface area contributed by atoms with Crippen LogP contribution in [0.5, 0.6) is 5.75 Å². The number of rotatable bonds is 6. The van der Waals surface area contributed by atoms with E-state index in [1.807, 2.05) is 13.8 Å². The Kier molecular flexibility index (Phi) is 5.37. The highest BCUT2D eigenvalue weighted by molar-refractivity contribution is 7.85. The van der Waals surface area contributed by atoms with Crippen molar-refractivity contribution in [2.75, 3.05) is 18.6 Å². The van der Waals surface area contributed by atoms with Crippen molar-refractivity contribution in [3.63, 3.8) is 0 Å². The smallest absolute Gasteiger partial charge is 0.120 e. The van der Waals surface area contributed by atoms with Crippen LogP contribution < -0.4 is 10.5 Å². The molecule has 0 amide bonds. The third kappa shape index (κ3) is 4.56. The molecule has 5 heteroatoms. The predicted octanol–water partition coefficient (Wildman–Crippen LogP) is 2.71. The van der Waals surface area contributed by atoms with E-state index in [-0.39, 0.29) is 5.41 Å². The Bertz CT molecular complexity index is 507. The zero-order valence-electron chi connectivity index (χ0n) is 11.6.